The fraction of sp³-hybridized carbons (Fsp3) is 0.292. The Kier molecular flexibility index (Phi) is 3.26. The third-order valence-electron chi connectivity index (χ3n) is 7.27. The van der Waals surface area contributed by atoms with Gasteiger partial charge in [-0.1, -0.05) is 44.2 Å². The van der Waals surface area contributed by atoms with Crippen molar-refractivity contribution in [2.45, 2.75) is 38.3 Å². The van der Waals surface area contributed by atoms with Gasteiger partial charge in [0.2, 0.25) is 0 Å². The van der Waals surface area contributed by atoms with Gasteiger partial charge in [-0.25, -0.2) is 9.97 Å². The summed E-state index contributed by atoms with van der Waals surface area (Å²) in [6.45, 7) is 4.62. The van der Waals surface area contributed by atoms with Crippen molar-refractivity contribution in [3.05, 3.63) is 78.9 Å². The second-order valence-electron chi connectivity index (χ2n) is 8.10. The van der Waals surface area contributed by atoms with Gasteiger partial charge >= 0.3 is 0 Å². The first-order chi connectivity index (χ1) is 14.3. The Labute approximate surface area is 170 Å². The first-order valence-corrected chi connectivity index (χ1v) is 10.4. The van der Waals surface area contributed by atoms with E-state index in [1.165, 1.54) is 11.3 Å². The molecule has 0 bridgehead atoms. The van der Waals surface area contributed by atoms with E-state index in [0.29, 0.717) is 0 Å². The summed E-state index contributed by atoms with van der Waals surface area (Å²) < 4.78 is 0. The summed E-state index contributed by atoms with van der Waals surface area (Å²) in [4.78, 5) is 18.7. The predicted octanol–water partition coefficient (Wildman–Crippen LogP) is 5.12. The predicted molar refractivity (Wildman–Crippen MR) is 115 cm³/mol. The van der Waals surface area contributed by atoms with Crippen molar-refractivity contribution in [3.63, 3.8) is 0 Å². The number of fused-ring (bicyclic) bond motifs is 8. The van der Waals surface area contributed by atoms with Crippen LogP contribution in [0.5, 0.6) is 0 Å². The quantitative estimate of drug-likeness (QED) is 0.590. The van der Waals surface area contributed by atoms with Crippen LogP contribution in [-0.2, 0) is 5.41 Å². The Morgan fingerprint density at radius 2 is 1.66 bits per heavy atom. The third-order valence-corrected chi connectivity index (χ3v) is 7.27. The van der Waals surface area contributed by atoms with Crippen LogP contribution in [0, 0.1) is 5.41 Å². The van der Waals surface area contributed by atoms with Gasteiger partial charge in [-0.05, 0) is 36.6 Å². The normalized spacial score (nSPS) is 28.3. The van der Waals surface area contributed by atoms with E-state index in [9.17, 15) is 0 Å². The zero-order chi connectivity index (χ0) is 19.6. The smallest absolute Gasteiger partial charge is 0.178 e. The second-order valence-corrected chi connectivity index (χ2v) is 8.10. The maximum atomic E-state index is 4.79. The first kappa shape index (κ1) is 16.7. The Balaban J connectivity index is 1.70. The number of para-hydroxylation sites is 1. The van der Waals surface area contributed by atoms with Crippen LogP contribution in [0.3, 0.4) is 0 Å². The molecule has 0 radical (unpaired) electrons. The average Bonchev–Trinajstić information content (AvgIpc) is 3.10. The van der Waals surface area contributed by atoms with Gasteiger partial charge in [0.05, 0.1) is 11.9 Å². The van der Waals surface area contributed by atoms with Crippen LogP contribution in [-0.4, -0.2) is 21.1 Å². The molecule has 5 nitrogen and oxygen atoms in total. The van der Waals surface area contributed by atoms with Crippen LogP contribution in [0.25, 0.3) is 0 Å². The lowest BCUT2D eigenvalue weighted by Crippen LogP contribution is -2.66. The van der Waals surface area contributed by atoms with Gasteiger partial charge in [0, 0.05) is 35.1 Å². The summed E-state index contributed by atoms with van der Waals surface area (Å²) in [6.07, 6.45) is 14.4. The average molecular weight is 381 g/mol. The number of pyridine rings is 1. The van der Waals surface area contributed by atoms with Gasteiger partial charge in [-0.2, -0.15) is 0 Å². The van der Waals surface area contributed by atoms with E-state index in [1.54, 1.807) is 12.4 Å². The molecule has 0 spiro atoms. The van der Waals surface area contributed by atoms with Crippen molar-refractivity contribution in [3.8, 4) is 0 Å². The molecule has 0 N–H and O–H groups in total. The van der Waals surface area contributed by atoms with Gasteiger partial charge in [0.25, 0.3) is 0 Å². The monoisotopic (exact) mass is 381 g/mol. The molecular weight excluding hydrogens is 358 g/mol. The Morgan fingerprint density at radius 3 is 2.31 bits per heavy atom. The molecule has 29 heavy (non-hydrogen) atoms. The van der Waals surface area contributed by atoms with Gasteiger partial charge in [0.15, 0.2) is 11.6 Å². The molecule has 0 amide bonds. The highest BCUT2D eigenvalue weighted by molar-refractivity contribution is 5.88. The molecule has 6 rings (SSSR count). The summed E-state index contributed by atoms with van der Waals surface area (Å²) in [5.74, 6) is 1.83. The molecule has 1 aliphatic carbocycles. The number of hydrogen-bond acceptors (Lipinski definition) is 5. The Morgan fingerprint density at radius 1 is 0.862 bits per heavy atom. The highest BCUT2D eigenvalue weighted by Crippen LogP contribution is 2.68. The molecule has 3 aromatic rings. The topological polar surface area (TPSA) is 45.2 Å². The van der Waals surface area contributed by atoms with Crippen molar-refractivity contribution in [1.29, 1.82) is 0 Å². The summed E-state index contributed by atoms with van der Waals surface area (Å²) in [7, 11) is 0. The summed E-state index contributed by atoms with van der Waals surface area (Å²) >= 11 is 0. The van der Waals surface area contributed by atoms with Crippen LogP contribution in [0.4, 0.5) is 23.0 Å². The van der Waals surface area contributed by atoms with Crippen LogP contribution in [0.2, 0.25) is 0 Å². The number of rotatable bonds is 3. The first-order valence-electron chi connectivity index (χ1n) is 10.4. The largest absolute Gasteiger partial charge is 0.301 e. The van der Waals surface area contributed by atoms with E-state index in [-0.39, 0.29) is 17.0 Å². The molecular formula is C24H23N5. The van der Waals surface area contributed by atoms with E-state index in [1.807, 2.05) is 18.5 Å². The molecule has 0 saturated heterocycles. The lowest BCUT2D eigenvalue weighted by molar-refractivity contribution is 0.122. The van der Waals surface area contributed by atoms with Crippen molar-refractivity contribution in [1.82, 2.24) is 15.0 Å². The van der Waals surface area contributed by atoms with Crippen LogP contribution in [0.15, 0.2) is 73.3 Å². The minimum atomic E-state index is -0.0334. The summed E-state index contributed by atoms with van der Waals surface area (Å²) in [5, 5.41) is 0. The highest BCUT2D eigenvalue weighted by Gasteiger charge is 2.66. The van der Waals surface area contributed by atoms with Crippen LogP contribution >= 0.6 is 0 Å². The van der Waals surface area contributed by atoms with Crippen molar-refractivity contribution in [2.24, 2.45) is 5.41 Å². The lowest BCUT2D eigenvalue weighted by atomic mass is 9.47. The van der Waals surface area contributed by atoms with E-state index in [0.717, 1.165) is 30.2 Å². The van der Waals surface area contributed by atoms with Gasteiger partial charge in [-0.15, -0.1) is 0 Å². The molecule has 0 fully saturated rings. The molecule has 1 aromatic carbocycles. The minimum absolute atomic E-state index is 0.0159. The van der Waals surface area contributed by atoms with Gasteiger partial charge < -0.3 is 4.90 Å². The molecule has 4 heterocycles. The molecule has 3 atom stereocenters. The molecule has 3 unspecified atom stereocenters. The zero-order valence-corrected chi connectivity index (χ0v) is 16.7. The molecule has 3 aliphatic rings. The fourth-order valence-electron chi connectivity index (χ4n) is 5.95. The number of allylic oxidation sites excluding steroid dienone is 1. The zero-order valence-electron chi connectivity index (χ0n) is 16.7. The van der Waals surface area contributed by atoms with Crippen molar-refractivity contribution in [2.75, 3.05) is 9.80 Å². The number of nitrogens with zero attached hydrogens (tertiary/aromatic N) is 5. The van der Waals surface area contributed by atoms with E-state index in [2.05, 4.69) is 71.1 Å². The maximum absolute atomic E-state index is 4.79. The van der Waals surface area contributed by atoms with E-state index >= 15 is 0 Å². The Bertz CT molecular complexity index is 1130. The maximum Gasteiger partial charge on any atom is 0.178 e. The van der Waals surface area contributed by atoms with Crippen molar-refractivity contribution >= 4 is 23.0 Å². The van der Waals surface area contributed by atoms with Crippen molar-refractivity contribution < 1.29 is 0 Å². The van der Waals surface area contributed by atoms with Crippen LogP contribution < -0.4 is 9.80 Å². The fourth-order valence-corrected chi connectivity index (χ4v) is 5.95. The molecule has 2 aromatic heterocycles. The molecule has 5 heteroatoms. The summed E-state index contributed by atoms with van der Waals surface area (Å²) in [5.41, 5.74) is 3.67. The van der Waals surface area contributed by atoms with Gasteiger partial charge in [0.1, 0.15) is 6.17 Å². The number of hydrogen-bond donors (Lipinski definition) is 0. The highest BCUT2D eigenvalue weighted by atomic mass is 15.5. The van der Waals surface area contributed by atoms with Gasteiger partial charge in [-0.3, -0.25) is 9.88 Å². The lowest BCUT2D eigenvalue weighted by Gasteiger charge is -2.63. The molecule has 2 aliphatic heterocycles. The third kappa shape index (κ3) is 1.79. The van der Waals surface area contributed by atoms with E-state index in [4.69, 9.17) is 9.97 Å². The Hall–Kier alpha value is -3.21. The number of benzene rings is 1. The number of aromatic nitrogens is 3. The summed E-state index contributed by atoms with van der Waals surface area (Å²) in [6, 6.07) is 12.9. The van der Waals surface area contributed by atoms with Crippen LogP contribution in [0.1, 0.15) is 32.3 Å². The SMILES string of the molecule is CCC12C=CC1(CC)C1N(c3cccnc3)c3nccnc3N1c1ccccc12. The minimum Gasteiger partial charge on any atom is -0.301 e. The molecule has 0 saturated carbocycles. The number of anilines is 4. The second kappa shape index (κ2) is 5.66. The standard InChI is InChI=1S/C24H23N5/c1-3-23-11-12-24(23,4-2)22-28(17-8-7-13-25-16-17)20-21(27-15-14-26-20)29(22)19-10-6-5-9-18(19)23/h5-16,22H,3-4H2,1-2H3. The van der Waals surface area contributed by atoms with E-state index < -0.39 is 0 Å². The molecule has 144 valence electrons.